The van der Waals surface area contributed by atoms with Crippen LogP contribution in [0.1, 0.15) is 35.4 Å². The van der Waals surface area contributed by atoms with E-state index in [1.165, 1.54) is 16.0 Å². The minimum Gasteiger partial charge on any atom is -0.339 e. The van der Waals surface area contributed by atoms with E-state index in [1.807, 2.05) is 28.9 Å². The summed E-state index contributed by atoms with van der Waals surface area (Å²) in [6.45, 7) is 5.64. The van der Waals surface area contributed by atoms with Gasteiger partial charge in [0.05, 0.1) is 12.6 Å². The number of nitrogens with zero attached hydrogens (tertiary/aromatic N) is 3. The number of thiophene rings is 1. The summed E-state index contributed by atoms with van der Waals surface area (Å²) in [5, 5.41) is 2.86. The van der Waals surface area contributed by atoms with Crippen molar-refractivity contribution >= 4 is 34.8 Å². The molecule has 4 rings (SSSR count). The Morgan fingerprint density at radius 1 is 1.00 bits per heavy atom. The molecule has 0 aliphatic carbocycles. The van der Waals surface area contributed by atoms with Crippen LogP contribution in [0.4, 0.5) is 0 Å². The predicted molar refractivity (Wildman–Crippen MR) is 116 cm³/mol. The van der Waals surface area contributed by atoms with Crippen molar-refractivity contribution in [2.24, 2.45) is 0 Å². The van der Waals surface area contributed by atoms with Gasteiger partial charge in [0.25, 0.3) is 0 Å². The van der Waals surface area contributed by atoms with Gasteiger partial charge in [0.2, 0.25) is 11.8 Å². The van der Waals surface area contributed by atoms with Gasteiger partial charge in [-0.3, -0.25) is 14.5 Å². The van der Waals surface area contributed by atoms with Gasteiger partial charge in [0.1, 0.15) is 0 Å². The number of piperazine rings is 1. The lowest BCUT2D eigenvalue weighted by atomic mass is 9.93. The van der Waals surface area contributed by atoms with Crippen LogP contribution in [0, 0.1) is 0 Å². The average Bonchev–Trinajstić information content (AvgIpc) is 3.23. The Balaban J connectivity index is 1.48. The summed E-state index contributed by atoms with van der Waals surface area (Å²) in [5.41, 5.74) is 2.47. The lowest BCUT2D eigenvalue weighted by molar-refractivity contribution is -0.140. The number of amides is 2. The standard InChI is InChI=1S/C22H26ClN3O2S/c1-2-20(27)24-10-12-25(13-11-24)21(28)15-26-9-7-19-18(8-14-29-19)22(26)16-3-5-17(23)6-4-16/h3-6,8,14,22H,2,7,9-13,15H2,1H3. The molecule has 1 saturated heterocycles. The Hall–Kier alpha value is -1.89. The van der Waals surface area contributed by atoms with Crippen LogP contribution in [0.2, 0.25) is 5.02 Å². The van der Waals surface area contributed by atoms with E-state index in [2.05, 4.69) is 28.5 Å². The highest BCUT2D eigenvalue weighted by molar-refractivity contribution is 7.10. The van der Waals surface area contributed by atoms with E-state index in [9.17, 15) is 9.59 Å². The Kier molecular flexibility index (Phi) is 6.23. The van der Waals surface area contributed by atoms with Crippen LogP contribution < -0.4 is 0 Å². The Morgan fingerprint density at radius 2 is 1.66 bits per heavy atom. The molecule has 1 aromatic carbocycles. The van der Waals surface area contributed by atoms with Crippen molar-refractivity contribution < 1.29 is 9.59 Å². The van der Waals surface area contributed by atoms with E-state index < -0.39 is 0 Å². The first-order chi connectivity index (χ1) is 14.1. The van der Waals surface area contributed by atoms with Crippen LogP contribution in [0.25, 0.3) is 0 Å². The number of carbonyl (C=O) groups is 2. The zero-order valence-corrected chi connectivity index (χ0v) is 18.2. The summed E-state index contributed by atoms with van der Waals surface area (Å²) in [5.74, 6) is 0.312. The van der Waals surface area contributed by atoms with Crippen LogP contribution in [0.5, 0.6) is 0 Å². The highest BCUT2D eigenvalue weighted by Gasteiger charge is 2.32. The Labute approximate surface area is 180 Å². The van der Waals surface area contributed by atoms with Crippen molar-refractivity contribution in [1.82, 2.24) is 14.7 Å². The van der Waals surface area contributed by atoms with Gasteiger partial charge in [0, 0.05) is 49.0 Å². The number of fused-ring (bicyclic) bond motifs is 1. The second kappa shape index (κ2) is 8.86. The van der Waals surface area contributed by atoms with Crippen LogP contribution >= 0.6 is 22.9 Å². The molecule has 2 aliphatic rings. The molecule has 154 valence electrons. The number of carbonyl (C=O) groups excluding carboxylic acids is 2. The van der Waals surface area contributed by atoms with Gasteiger partial charge in [-0.1, -0.05) is 30.7 Å². The third kappa shape index (κ3) is 4.34. The SMILES string of the molecule is CCC(=O)N1CCN(C(=O)CN2CCc3sccc3C2c2ccc(Cl)cc2)CC1. The third-order valence-electron chi connectivity index (χ3n) is 5.88. The fraction of sp³-hybridized carbons (Fsp3) is 0.455. The monoisotopic (exact) mass is 431 g/mol. The molecule has 1 unspecified atom stereocenters. The molecule has 5 nitrogen and oxygen atoms in total. The van der Waals surface area contributed by atoms with E-state index in [-0.39, 0.29) is 17.9 Å². The maximum Gasteiger partial charge on any atom is 0.236 e. The molecule has 1 atom stereocenters. The lowest BCUT2D eigenvalue weighted by Gasteiger charge is -2.39. The molecule has 0 N–H and O–H groups in total. The van der Waals surface area contributed by atoms with Crippen LogP contribution in [-0.2, 0) is 16.0 Å². The quantitative estimate of drug-likeness (QED) is 0.744. The summed E-state index contributed by atoms with van der Waals surface area (Å²) in [7, 11) is 0. The highest BCUT2D eigenvalue weighted by atomic mass is 35.5. The van der Waals surface area contributed by atoms with Gasteiger partial charge in [-0.25, -0.2) is 0 Å². The molecular weight excluding hydrogens is 406 g/mol. The van der Waals surface area contributed by atoms with E-state index in [0.29, 0.717) is 39.1 Å². The molecule has 1 aromatic heterocycles. The fourth-order valence-electron chi connectivity index (χ4n) is 4.28. The molecule has 2 aromatic rings. The van der Waals surface area contributed by atoms with Crippen LogP contribution in [0.3, 0.4) is 0 Å². The van der Waals surface area contributed by atoms with E-state index in [1.54, 1.807) is 11.3 Å². The first-order valence-corrected chi connectivity index (χ1v) is 11.4. The van der Waals surface area contributed by atoms with Gasteiger partial charge in [-0.2, -0.15) is 0 Å². The first kappa shape index (κ1) is 20.4. The predicted octanol–water partition coefficient (Wildman–Crippen LogP) is 3.43. The zero-order valence-electron chi connectivity index (χ0n) is 16.6. The summed E-state index contributed by atoms with van der Waals surface area (Å²) in [4.78, 5) is 32.4. The third-order valence-corrected chi connectivity index (χ3v) is 7.13. The molecule has 0 bridgehead atoms. The molecule has 0 spiro atoms. The topological polar surface area (TPSA) is 43.9 Å². The lowest BCUT2D eigenvalue weighted by Crippen LogP contribution is -2.53. The largest absolute Gasteiger partial charge is 0.339 e. The van der Waals surface area contributed by atoms with Crippen molar-refractivity contribution in [3.8, 4) is 0 Å². The van der Waals surface area contributed by atoms with Crippen molar-refractivity contribution in [2.45, 2.75) is 25.8 Å². The number of hydrogen-bond donors (Lipinski definition) is 0. The number of hydrogen-bond acceptors (Lipinski definition) is 4. The van der Waals surface area contributed by atoms with Gasteiger partial charge in [-0.05, 0) is 41.1 Å². The summed E-state index contributed by atoms with van der Waals surface area (Å²) < 4.78 is 0. The fourth-order valence-corrected chi connectivity index (χ4v) is 5.31. The normalized spacial score (nSPS) is 19.9. The maximum atomic E-state index is 13.1. The minimum absolute atomic E-state index is 0.0779. The van der Waals surface area contributed by atoms with Gasteiger partial charge < -0.3 is 9.80 Å². The summed E-state index contributed by atoms with van der Waals surface area (Å²) in [6, 6.07) is 10.2. The van der Waals surface area contributed by atoms with Crippen LogP contribution in [-0.4, -0.2) is 65.8 Å². The smallest absolute Gasteiger partial charge is 0.236 e. The Morgan fingerprint density at radius 3 is 2.31 bits per heavy atom. The molecule has 29 heavy (non-hydrogen) atoms. The zero-order chi connectivity index (χ0) is 20.4. The molecule has 0 saturated carbocycles. The molecule has 2 aliphatic heterocycles. The summed E-state index contributed by atoms with van der Waals surface area (Å²) >= 11 is 7.89. The van der Waals surface area contributed by atoms with Gasteiger partial charge >= 0.3 is 0 Å². The van der Waals surface area contributed by atoms with Crippen molar-refractivity contribution in [3.05, 3.63) is 56.7 Å². The molecule has 0 radical (unpaired) electrons. The van der Waals surface area contributed by atoms with Crippen molar-refractivity contribution in [3.63, 3.8) is 0 Å². The van der Waals surface area contributed by atoms with E-state index in [4.69, 9.17) is 11.6 Å². The van der Waals surface area contributed by atoms with E-state index >= 15 is 0 Å². The average molecular weight is 432 g/mol. The maximum absolute atomic E-state index is 13.1. The van der Waals surface area contributed by atoms with Gasteiger partial charge in [-0.15, -0.1) is 11.3 Å². The number of benzene rings is 1. The second-order valence-corrected chi connectivity index (χ2v) is 9.03. The van der Waals surface area contributed by atoms with Crippen LogP contribution in [0.15, 0.2) is 35.7 Å². The second-order valence-electron chi connectivity index (χ2n) is 7.59. The number of rotatable bonds is 4. The number of halogens is 1. The van der Waals surface area contributed by atoms with Gasteiger partial charge in [0.15, 0.2) is 0 Å². The summed E-state index contributed by atoms with van der Waals surface area (Å²) in [6.07, 6.45) is 1.50. The molecule has 2 amide bonds. The highest BCUT2D eigenvalue weighted by Crippen LogP contribution is 2.38. The molecule has 7 heteroatoms. The van der Waals surface area contributed by atoms with Crippen molar-refractivity contribution in [1.29, 1.82) is 0 Å². The molecule has 1 fully saturated rings. The van der Waals surface area contributed by atoms with E-state index in [0.717, 1.165) is 18.0 Å². The van der Waals surface area contributed by atoms with Crippen molar-refractivity contribution in [2.75, 3.05) is 39.3 Å². The molecule has 3 heterocycles. The minimum atomic E-state index is 0.0779. The molecular formula is C22H26ClN3O2S. The first-order valence-electron chi connectivity index (χ1n) is 10.2. The Bertz CT molecular complexity index is 874.